The Morgan fingerprint density at radius 2 is 0.904 bits per heavy atom. The summed E-state index contributed by atoms with van der Waals surface area (Å²) in [5.74, 6) is 0. The molecule has 0 atom stereocenters. The van der Waals surface area contributed by atoms with Gasteiger partial charge in [0.2, 0.25) is 0 Å². The minimum Gasteiger partial charge on any atom is -0.309 e. The van der Waals surface area contributed by atoms with Crippen LogP contribution in [0, 0.1) is 0 Å². The van der Waals surface area contributed by atoms with Gasteiger partial charge in [0, 0.05) is 33.4 Å². The van der Waals surface area contributed by atoms with Crippen LogP contribution in [-0.2, 0) is 0 Å². The summed E-state index contributed by atoms with van der Waals surface area (Å²) < 4.78 is 4.74. The third-order valence-corrected chi connectivity index (χ3v) is 10.8. The van der Waals surface area contributed by atoms with Gasteiger partial charge in [-0.3, -0.25) is 4.98 Å². The minimum atomic E-state index is 1.07. The SMILES string of the molecule is c1ccc(-c2ccc(-n3c4ccccc4c4c5ccc(-c6ccc7ccc8c(c7c6)c6ccccc6n8-c6cccnc6)cc5ccc43)cc2)cc1. The van der Waals surface area contributed by atoms with Crippen LogP contribution in [0.25, 0.3) is 98.8 Å². The highest BCUT2D eigenvalue weighted by molar-refractivity contribution is 6.23. The Morgan fingerprint density at radius 1 is 0.327 bits per heavy atom. The van der Waals surface area contributed by atoms with E-state index in [-0.39, 0.29) is 0 Å². The van der Waals surface area contributed by atoms with E-state index < -0.39 is 0 Å². The fourth-order valence-electron chi connectivity index (χ4n) is 8.42. The first kappa shape index (κ1) is 28.8. The average molecular weight is 662 g/mol. The largest absolute Gasteiger partial charge is 0.309 e. The Hall–Kier alpha value is -6.97. The lowest BCUT2D eigenvalue weighted by Crippen LogP contribution is -1.94. The minimum absolute atomic E-state index is 1.07. The van der Waals surface area contributed by atoms with Gasteiger partial charge in [0.05, 0.1) is 34.0 Å². The van der Waals surface area contributed by atoms with E-state index in [2.05, 4.69) is 184 Å². The van der Waals surface area contributed by atoms with Crippen molar-refractivity contribution in [2.24, 2.45) is 0 Å². The molecule has 0 saturated heterocycles. The van der Waals surface area contributed by atoms with Gasteiger partial charge in [-0.2, -0.15) is 0 Å². The van der Waals surface area contributed by atoms with Crippen molar-refractivity contribution in [2.75, 3.05) is 0 Å². The highest BCUT2D eigenvalue weighted by Crippen LogP contribution is 2.41. The molecule has 0 aliphatic rings. The maximum absolute atomic E-state index is 4.44. The molecule has 52 heavy (non-hydrogen) atoms. The number of para-hydroxylation sites is 2. The summed E-state index contributed by atoms with van der Waals surface area (Å²) in [6.45, 7) is 0. The molecule has 0 bridgehead atoms. The van der Waals surface area contributed by atoms with Gasteiger partial charge in [0.15, 0.2) is 0 Å². The highest BCUT2D eigenvalue weighted by atomic mass is 15.0. The summed E-state index contributed by atoms with van der Waals surface area (Å²) in [5.41, 5.74) is 11.9. The standard InChI is InChI=1S/C49H31N3/c1-2-9-32(10-3-1)33-18-23-38(24-19-33)51-44-14-6-4-12-41(44)48-40-25-20-35(29-37(40)22-27-46(48)51)36-17-16-34-21-26-47-49(43(34)30-36)42-13-5-7-15-45(42)52(47)39-11-8-28-50-31-39/h1-31H. The average Bonchev–Trinajstić information content (AvgIpc) is 3.75. The van der Waals surface area contributed by atoms with Crippen LogP contribution in [0.15, 0.2) is 188 Å². The third-order valence-electron chi connectivity index (χ3n) is 10.8. The molecule has 242 valence electrons. The molecule has 0 unspecified atom stereocenters. The van der Waals surface area contributed by atoms with Crippen molar-refractivity contribution in [3.8, 4) is 33.6 Å². The second-order valence-electron chi connectivity index (χ2n) is 13.6. The van der Waals surface area contributed by atoms with Crippen molar-refractivity contribution < 1.29 is 0 Å². The molecule has 3 heteroatoms. The number of hydrogen-bond acceptors (Lipinski definition) is 1. The van der Waals surface area contributed by atoms with E-state index in [0.717, 1.165) is 11.4 Å². The van der Waals surface area contributed by atoms with Crippen molar-refractivity contribution in [1.82, 2.24) is 14.1 Å². The van der Waals surface area contributed by atoms with Crippen LogP contribution in [0.4, 0.5) is 0 Å². The summed E-state index contributed by atoms with van der Waals surface area (Å²) in [6.07, 6.45) is 3.77. The molecule has 11 rings (SSSR count). The summed E-state index contributed by atoms with van der Waals surface area (Å²) in [7, 11) is 0. The second-order valence-corrected chi connectivity index (χ2v) is 13.6. The van der Waals surface area contributed by atoms with Gasteiger partial charge in [-0.25, -0.2) is 0 Å². The van der Waals surface area contributed by atoms with Crippen molar-refractivity contribution in [2.45, 2.75) is 0 Å². The first-order valence-electron chi connectivity index (χ1n) is 17.8. The van der Waals surface area contributed by atoms with Crippen LogP contribution in [0.1, 0.15) is 0 Å². The van der Waals surface area contributed by atoms with Crippen molar-refractivity contribution in [3.05, 3.63) is 188 Å². The van der Waals surface area contributed by atoms with Gasteiger partial charge >= 0.3 is 0 Å². The van der Waals surface area contributed by atoms with Crippen LogP contribution in [0.3, 0.4) is 0 Å². The fourth-order valence-corrected chi connectivity index (χ4v) is 8.42. The molecule has 11 aromatic rings. The molecule has 3 heterocycles. The predicted molar refractivity (Wildman–Crippen MR) is 219 cm³/mol. The highest BCUT2D eigenvalue weighted by Gasteiger charge is 2.17. The molecule has 0 saturated carbocycles. The molecular formula is C49H31N3. The van der Waals surface area contributed by atoms with Gasteiger partial charge in [-0.05, 0) is 104 Å². The van der Waals surface area contributed by atoms with E-state index in [1.807, 2.05) is 18.5 Å². The van der Waals surface area contributed by atoms with E-state index in [1.54, 1.807) is 0 Å². The molecule has 0 N–H and O–H groups in total. The van der Waals surface area contributed by atoms with Gasteiger partial charge in [-0.15, -0.1) is 0 Å². The topological polar surface area (TPSA) is 22.8 Å². The second kappa shape index (κ2) is 11.3. The molecule has 0 radical (unpaired) electrons. The normalized spacial score (nSPS) is 11.8. The van der Waals surface area contributed by atoms with Crippen molar-refractivity contribution in [3.63, 3.8) is 0 Å². The number of fused-ring (bicyclic) bond motifs is 10. The molecule has 0 amide bonds. The molecule has 0 aliphatic heterocycles. The Bertz CT molecular complexity index is 3150. The Morgan fingerprint density at radius 3 is 1.63 bits per heavy atom. The monoisotopic (exact) mass is 661 g/mol. The first-order chi connectivity index (χ1) is 25.8. The van der Waals surface area contributed by atoms with E-state index in [4.69, 9.17) is 0 Å². The lowest BCUT2D eigenvalue weighted by Gasteiger charge is -2.11. The zero-order chi connectivity index (χ0) is 34.2. The van der Waals surface area contributed by atoms with Crippen LogP contribution in [-0.4, -0.2) is 14.1 Å². The van der Waals surface area contributed by atoms with Gasteiger partial charge in [0.25, 0.3) is 0 Å². The zero-order valence-electron chi connectivity index (χ0n) is 28.2. The summed E-state index contributed by atoms with van der Waals surface area (Å²) >= 11 is 0. The summed E-state index contributed by atoms with van der Waals surface area (Å²) in [6, 6.07) is 64.1. The van der Waals surface area contributed by atoms with Crippen molar-refractivity contribution in [1.29, 1.82) is 0 Å². The summed E-state index contributed by atoms with van der Waals surface area (Å²) in [5, 5.41) is 10.1. The van der Waals surface area contributed by atoms with Crippen LogP contribution in [0.5, 0.6) is 0 Å². The predicted octanol–water partition coefficient (Wildman–Crippen LogP) is 12.9. The zero-order valence-corrected chi connectivity index (χ0v) is 28.2. The van der Waals surface area contributed by atoms with Crippen LogP contribution < -0.4 is 0 Å². The molecule has 3 aromatic heterocycles. The van der Waals surface area contributed by atoms with Crippen LogP contribution >= 0.6 is 0 Å². The molecule has 0 fully saturated rings. The molecule has 0 aliphatic carbocycles. The maximum atomic E-state index is 4.44. The Kier molecular flexibility index (Phi) is 6.25. The molecule has 0 spiro atoms. The quantitative estimate of drug-likeness (QED) is 0.184. The third kappa shape index (κ3) is 4.30. The van der Waals surface area contributed by atoms with E-state index in [1.165, 1.54) is 87.4 Å². The Balaban J connectivity index is 1.07. The summed E-state index contributed by atoms with van der Waals surface area (Å²) in [4.78, 5) is 4.44. The van der Waals surface area contributed by atoms with Gasteiger partial charge < -0.3 is 9.13 Å². The van der Waals surface area contributed by atoms with Gasteiger partial charge in [-0.1, -0.05) is 115 Å². The maximum Gasteiger partial charge on any atom is 0.0645 e. The number of pyridine rings is 1. The number of benzene rings is 8. The number of rotatable bonds is 4. The number of hydrogen-bond donors (Lipinski definition) is 0. The molecule has 3 nitrogen and oxygen atoms in total. The van der Waals surface area contributed by atoms with Gasteiger partial charge in [0.1, 0.15) is 0 Å². The van der Waals surface area contributed by atoms with E-state index >= 15 is 0 Å². The van der Waals surface area contributed by atoms with Crippen molar-refractivity contribution >= 4 is 65.2 Å². The van der Waals surface area contributed by atoms with E-state index in [9.17, 15) is 0 Å². The lowest BCUT2D eigenvalue weighted by atomic mass is 9.95. The fraction of sp³-hybridized carbons (Fsp3) is 0. The van der Waals surface area contributed by atoms with Crippen LogP contribution in [0.2, 0.25) is 0 Å². The smallest absolute Gasteiger partial charge is 0.0645 e. The van der Waals surface area contributed by atoms with E-state index in [0.29, 0.717) is 0 Å². The number of aromatic nitrogens is 3. The Labute approximate surface area is 300 Å². The number of nitrogens with zero attached hydrogens (tertiary/aromatic N) is 3. The molecular weight excluding hydrogens is 631 g/mol. The molecule has 8 aromatic carbocycles. The first-order valence-corrected chi connectivity index (χ1v) is 17.8. The lowest BCUT2D eigenvalue weighted by molar-refractivity contribution is 1.14.